The average molecular weight is 468 g/mol. The lowest BCUT2D eigenvalue weighted by atomic mass is 10.2. The maximum Gasteiger partial charge on any atom is 0.285 e. The number of allylic oxidation sites excluding steroid dienone is 1. The van der Waals surface area contributed by atoms with Crippen LogP contribution < -0.4 is 9.47 Å². The summed E-state index contributed by atoms with van der Waals surface area (Å²) in [5.41, 5.74) is 2.45. The largest absolute Gasteiger partial charge is 0.493 e. The Labute approximate surface area is 201 Å². The Morgan fingerprint density at radius 3 is 2.42 bits per heavy atom. The standard InChI is InChI=1S/C16H18O2.C10H15N3OS/c1-13-8-9-15(16(12-13)17-2)18-11-10-14-6-4-3-5-7-14;1-3-8-9(14)11-10(15-8)13-6-4-12(2)5-7-13/h3-9,12H,10-11H2,1-2H3;3H,4-7H2,1-2H3. The van der Waals surface area contributed by atoms with Crippen LogP contribution in [0.3, 0.4) is 0 Å². The van der Waals surface area contributed by atoms with Crippen molar-refractivity contribution in [3.8, 4) is 11.5 Å². The van der Waals surface area contributed by atoms with Crippen molar-refractivity contribution >= 4 is 22.8 Å². The van der Waals surface area contributed by atoms with Crippen molar-refractivity contribution in [2.24, 2.45) is 4.99 Å². The predicted octanol–water partition coefficient (Wildman–Crippen LogP) is 4.39. The highest BCUT2D eigenvalue weighted by molar-refractivity contribution is 8.18. The van der Waals surface area contributed by atoms with E-state index in [0.717, 1.165) is 54.2 Å². The van der Waals surface area contributed by atoms with Gasteiger partial charge in [0.1, 0.15) is 0 Å². The molecule has 1 fully saturated rings. The van der Waals surface area contributed by atoms with Crippen molar-refractivity contribution in [1.82, 2.24) is 9.80 Å². The van der Waals surface area contributed by atoms with Gasteiger partial charge in [-0.1, -0.05) is 42.5 Å². The lowest BCUT2D eigenvalue weighted by Gasteiger charge is -2.32. The molecule has 6 nitrogen and oxygen atoms in total. The predicted molar refractivity (Wildman–Crippen MR) is 136 cm³/mol. The third kappa shape index (κ3) is 7.37. The zero-order chi connectivity index (χ0) is 23.6. The molecule has 0 aliphatic carbocycles. The summed E-state index contributed by atoms with van der Waals surface area (Å²) in [6.07, 6.45) is 2.73. The quantitative estimate of drug-likeness (QED) is 0.608. The highest BCUT2D eigenvalue weighted by Gasteiger charge is 2.26. The van der Waals surface area contributed by atoms with Crippen molar-refractivity contribution in [1.29, 1.82) is 0 Å². The van der Waals surface area contributed by atoms with E-state index in [-0.39, 0.29) is 5.91 Å². The second kappa shape index (κ2) is 12.5. The van der Waals surface area contributed by atoms with E-state index in [0.29, 0.717) is 6.61 Å². The van der Waals surface area contributed by atoms with Crippen LogP contribution in [0, 0.1) is 6.92 Å². The van der Waals surface area contributed by atoms with Crippen LogP contribution >= 0.6 is 11.8 Å². The highest BCUT2D eigenvalue weighted by Crippen LogP contribution is 2.29. The summed E-state index contributed by atoms with van der Waals surface area (Å²) in [5.74, 6) is 1.51. The molecule has 0 spiro atoms. The summed E-state index contributed by atoms with van der Waals surface area (Å²) >= 11 is 1.50. The molecule has 0 aromatic heterocycles. The van der Waals surface area contributed by atoms with E-state index in [1.165, 1.54) is 22.9 Å². The first kappa shape index (κ1) is 24.9. The minimum Gasteiger partial charge on any atom is -0.493 e. The van der Waals surface area contributed by atoms with E-state index < -0.39 is 0 Å². The van der Waals surface area contributed by atoms with Gasteiger partial charge in [-0.15, -0.1) is 0 Å². The number of hydrogen-bond donors (Lipinski definition) is 0. The molecule has 7 heteroatoms. The van der Waals surface area contributed by atoms with Gasteiger partial charge in [0.05, 0.1) is 18.6 Å². The molecule has 2 aromatic rings. The molecule has 4 rings (SSSR count). The number of amides is 1. The summed E-state index contributed by atoms with van der Waals surface area (Å²) in [7, 11) is 3.78. The van der Waals surface area contributed by atoms with Crippen LogP contribution in [0.2, 0.25) is 0 Å². The normalized spacial score (nSPS) is 17.5. The summed E-state index contributed by atoms with van der Waals surface area (Å²) in [6.45, 7) is 8.58. The van der Waals surface area contributed by atoms with E-state index >= 15 is 0 Å². The molecule has 176 valence electrons. The topological polar surface area (TPSA) is 54.4 Å². The Morgan fingerprint density at radius 1 is 1.06 bits per heavy atom. The molecule has 1 saturated heterocycles. The Bertz CT molecular complexity index is 984. The smallest absolute Gasteiger partial charge is 0.285 e. The number of rotatable bonds is 5. The molecule has 0 saturated carbocycles. The van der Waals surface area contributed by atoms with E-state index in [4.69, 9.17) is 9.47 Å². The first-order valence-electron chi connectivity index (χ1n) is 11.2. The van der Waals surface area contributed by atoms with Crippen molar-refractivity contribution in [2.45, 2.75) is 20.3 Å². The Kier molecular flexibility index (Phi) is 9.39. The molecule has 0 bridgehead atoms. The number of ether oxygens (including phenoxy) is 2. The Balaban J connectivity index is 0.000000189. The van der Waals surface area contributed by atoms with Crippen molar-refractivity contribution < 1.29 is 14.3 Å². The number of carbonyl (C=O) groups is 1. The molecular formula is C26H33N3O3S. The van der Waals surface area contributed by atoms with Gasteiger partial charge in [-0.3, -0.25) is 4.79 Å². The van der Waals surface area contributed by atoms with E-state index in [2.05, 4.69) is 34.0 Å². The van der Waals surface area contributed by atoms with Gasteiger partial charge < -0.3 is 19.3 Å². The monoisotopic (exact) mass is 467 g/mol. The van der Waals surface area contributed by atoms with Gasteiger partial charge in [0.2, 0.25) is 0 Å². The number of carbonyl (C=O) groups excluding carboxylic acids is 1. The number of thioether (sulfide) groups is 1. The molecule has 2 aromatic carbocycles. The van der Waals surface area contributed by atoms with Gasteiger partial charge in [-0.25, -0.2) is 0 Å². The lowest BCUT2D eigenvalue weighted by Crippen LogP contribution is -2.46. The van der Waals surface area contributed by atoms with Gasteiger partial charge in [0.25, 0.3) is 5.91 Å². The van der Waals surface area contributed by atoms with E-state index in [1.807, 2.05) is 56.3 Å². The molecule has 0 unspecified atom stereocenters. The summed E-state index contributed by atoms with van der Waals surface area (Å²) in [6, 6.07) is 16.3. The minimum absolute atomic E-state index is 0.0866. The fourth-order valence-electron chi connectivity index (χ4n) is 3.44. The molecule has 2 aliphatic heterocycles. The van der Waals surface area contributed by atoms with Crippen LogP contribution in [0.5, 0.6) is 11.5 Å². The number of aliphatic imine (C=N–C) groups is 1. The number of aryl methyl sites for hydroxylation is 1. The Hall–Kier alpha value is -2.77. The van der Waals surface area contributed by atoms with Gasteiger partial charge in [0.15, 0.2) is 16.7 Å². The molecule has 0 N–H and O–H groups in total. The number of methoxy groups -OCH3 is 1. The third-order valence-electron chi connectivity index (χ3n) is 5.46. The number of hydrogen-bond acceptors (Lipinski definition) is 6. The fraction of sp³-hybridized carbons (Fsp3) is 0.385. The maximum absolute atomic E-state index is 11.4. The van der Waals surface area contributed by atoms with E-state index in [1.54, 1.807) is 7.11 Å². The number of likely N-dealkylation sites (N-methyl/N-ethyl adjacent to an activating group) is 1. The molecule has 2 aliphatic rings. The van der Waals surface area contributed by atoms with Crippen LogP contribution in [0.4, 0.5) is 0 Å². The van der Waals surface area contributed by atoms with Crippen LogP contribution in [0.15, 0.2) is 64.5 Å². The SMILES string of the molecule is CC=C1SC(N2CCN(C)CC2)=NC1=O.COc1cc(C)ccc1OCCc1ccccc1. The fourth-order valence-corrected chi connectivity index (χ4v) is 4.33. The molecular weight excluding hydrogens is 434 g/mol. The maximum atomic E-state index is 11.4. The van der Waals surface area contributed by atoms with Gasteiger partial charge in [-0.2, -0.15) is 4.99 Å². The second-order valence-corrected chi connectivity index (χ2v) is 8.99. The molecule has 1 amide bonds. The first-order valence-corrected chi connectivity index (χ1v) is 12.0. The molecule has 0 radical (unpaired) electrons. The number of nitrogens with zero attached hydrogens (tertiary/aromatic N) is 3. The third-order valence-corrected chi connectivity index (χ3v) is 6.62. The van der Waals surface area contributed by atoms with Gasteiger partial charge >= 0.3 is 0 Å². The Morgan fingerprint density at radius 2 is 1.79 bits per heavy atom. The zero-order valence-corrected chi connectivity index (χ0v) is 20.7. The number of piperazine rings is 1. The van der Waals surface area contributed by atoms with Gasteiger partial charge in [-0.05, 0) is 55.9 Å². The van der Waals surface area contributed by atoms with Crippen LogP contribution in [0.25, 0.3) is 0 Å². The van der Waals surface area contributed by atoms with E-state index in [9.17, 15) is 4.79 Å². The van der Waals surface area contributed by atoms with Gasteiger partial charge in [0, 0.05) is 32.6 Å². The summed E-state index contributed by atoms with van der Waals surface area (Å²) in [5, 5.41) is 0.876. The lowest BCUT2D eigenvalue weighted by molar-refractivity contribution is -0.113. The second-order valence-electron chi connectivity index (χ2n) is 7.98. The van der Waals surface area contributed by atoms with Crippen molar-refractivity contribution in [3.63, 3.8) is 0 Å². The van der Waals surface area contributed by atoms with Crippen LogP contribution in [0.1, 0.15) is 18.1 Å². The van der Waals surface area contributed by atoms with Crippen molar-refractivity contribution in [2.75, 3.05) is 46.9 Å². The van der Waals surface area contributed by atoms with Crippen LogP contribution in [-0.2, 0) is 11.2 Å². The molecule has 33 heavy (non-hydrogen) atoms. The summed E-state index contributed by atoms with van der Waals surface area (Å²) < 4.78 is 11.1. The van der Waals surface area contributed by atoms with Crippen LogP contribution in [-0.4, -0.2) is 67.8 Å². The minimum atomic E-state index is -0.0866. The molecule has 2 heterocycles. The summed E-state index contributed by atoms with van der Waals surface area (Å²) in [4.78, 5) is 20.7. The molecule has 0 atom stereocenters. The van der Waals surface area contributed by atoms with Crippen molar-refractivity contribution in [3.05, 3.63) is 70.6 Å². The zero-order valence-electron chi connectivity index (χ0n) is 19.9. The average Bonchev–Trinajstić information content (AvgIpc) is 3.22. The number of amidine groups is 1. The highest BCUT2D eigenvalue weighted by atomic mass is 32.2. The number of benzene rings is 2. The first-order chi connectivity index (χ1) is 16.0.